The van der Waals surface area contributed by atoms with E-state index in [2.05, 4.69) is 5.32 Å². The Kier molecular flexibility index (Phi) is 4.67. The molecule has 78 valence electrons. The fourth-order valence-electron chi connectivity index (χ4n) is 0.897. The highest BCUT2D eigenvalue weighted by Gasteiger charge is 2.18. The quantitative estimate of drug-likeness (QED) is 0.850. The summed E-state index contributed by atoms with van der Waals surface area (Å²) < 4.78 is 0.365. The van der Waals surface area contributed by atoms with Gasteiger partial charge in [-0.2, -0.15) is 0 Å². The monoisotopic (exact) mass is 271 g/mol. The average Bonchev–Trinajstić information content (AvgIpc) is 2.42. The SMILES string of the molecule is CNCCC(=O)c1sc(Cl)c(Cl)c1Cl. The summed E-state index contributed by atoms with van der Waals surface area (Å²) in [5.74, 6) is -0.0387. The molecule has 6 heteroatoms. The normalized spacial score (nSPS) is 10.6. The first-order chi connectivity index (χ1) is 6.57. The van der Waals surface area contributed by atoms with Crippen LogP contribution in [0.2, 0.25) is 14.4 Å². The van der Waals surface area contributed by atoms with Gasteiger partial charge < -0.3 is 5.32 Å². The second kappa shape index (κ2) is 5.33. The van der Waals surface area contributed by atoms with Gasteiger partial charge in [0.25, 0.3) is 0 Å². The molecule has 0 fully saturated rings. The van der Waals surface area contributed by atoms with Crippen LogP contribution in [0.5, 0.6) is 0 Å². The molecule has 1 rings (SSSR count). The van der Waals surface area contributed by atoms with Gasteiger partial charge in [0.15, 0.2) is 5.78 Å². The van der Waals surface area contributed by atoms with E-state index in [1.807, 2.05) is 0 Å². The molecule has 2 nitrogen and oxygen atoms in total. The summed E-state index contributed by atoms with van der Waals surface area (Å²) in [7, 11) is 1.78. The zero-order chi connectivity index (χ0) is 10.7. The molecule has 0 bridgehead atoms. The predicted octanol–water partition coefficient (Wildman–Crippen LogP) is 3.50. The van der Waals surface area contributed by atoms with Crippen molar-refractivity contribution in [3.8, 4) is 0 Å². The highest BCUT2D eigenvalue weighted by atomic mass is 35.5. The first-order valence-corrected chi connectivity index (χ1v) is 5.84. The highest BCUT2D eigenvalue weighted by Crippen LogP contribution is 2.40. The molecule has 0 amide bonds. The minimum absolute atomic E-state index is 0.0387. The van der Waals surface area contributed by atoms with E-state index in [1.54, 1.807) is 7.05 Å². The zero-order valence-electron chi connectivity index (χ0n) is 7.36. The van der Waals surface area contributed by atoms with Gasteiger partial charge in [-0.25, -0.2) is 0 Å². The van der Waals surface area contributed by atoms with Crippen LogP contribution in [-0.2, 0) is 0 Å². The Bertz CT molecular complexity index is 351. The van der Waals surface area contributed by atoms with Gasteiger partial charge in [-0.3, -0.25) is 4.79 Å². The fourth-order valence-corrected chi connectivity index (χ4v) is 2.69. The molecule has 1 aromatic rings. The van der Waals surface area contributed by atoms with Crippen LogP contribution < -0.4 is 5.32 Å². The molecule has 0 aliphatic heterocycles. The number of thiophene rings is 1. The number of nitrogens with one attached hydrogen (secondary N) is 1. The van der Waals surface area contributed by atoms with Gasteiger partial charge in [-0.15, -0.1) is 11.3 Å². The lowest BCUT2D eigenvalue weighted by Crippen LogP contribution is -2.12. The molecule has 0 aromatic carbocycles. The Morgan fingerprint density at radius 3 is 2.43 bits per heavy atom. The van der Waals surface area contributed by atoms with Crippen LogP contribution in [0.3, 0.4) is 0 Å². The maximum Gasteiger partial charge on any atom is 0.175 e. The summed E-state index contributed by atoms with van der Waals surface area (Å²) in [6, 6.07) is 0. The third-order valence-corrected chi connectivity index (χ3v) is 4.22. The molecule has 1 aromatic heterocycles. The smallest absolute Gasteiger partial charge is 0.175 e. The van der Waals surface area contributed by atoms with E-state index in [4.69, 9.17) is 34.8 Å². The number of halogens is 3. The van der Waals surface area contributed by atoms with Crippen LogP contribution in [0.1, 0.15) is 16.1 Å². The van der Waals surface area contributed by atoms with Crippen molar-refractivity contribution in [3.05, 3.63) is 19.3 Å². The standard InChI is InChI=1S/C8H8Cl3NOS/c1-12-3-2-4(13)7-5(9)6(10)8(11)14-7/h12H,2-3H2,1H3. The molecule has 0 aliphatic rings. The van der Waals surface area contributed by atoms with Crippen molar-refractivity contribution >= 4 is 51.9 Å². The molecule has 0 unspecified atom stereocenters. The third kappa shape index (κ3) is 2.61. The Balaban J connectivity index is 2.85. The molecule has 14 heavy (non-hydrogen) atoms. The lowest BCUT2D eigenvalue weighted by atomic mass is 10.2. The number of rotatable bonds is 4. The van der Waals surface area contributed by atoms with Crippen LogP contribution in [-0.4, -0.2) is 19.4 Å². The van der Waals surface area contributed by atoms with Gasteiger partial charge in [-0.05, 0) is 7.05 Å². The van der Waals surface area contributed by atoms with E-state index in [1.165, 1.54) is 0 Å². The Morgan fingerprint density at radius 2 is 2.00 bits per heavy atom. The van der Waals surface area contributed by atoms with Crippen molar-refractivity contribution in [2.75, 3.05) is 13.6 Å². The lowest BCUT2D eigenvalue weighted by Gasteiger charge is -1.97. The minimum Gasteiger partial charge on any atom is -0.319 e. The van der Waals surface area contributed by atoms with Gasteiger partial charge in [0.2, 0.25) is 0 Å². The van der Waals surface area contributed by atoms with Gasteiger partial charge in [0, 0.05) is 13.0 Å². The summed E-state index contributed by atoms with van der Waals surface area (Å²) in [4.78, 5) is 12.0. The highest BCUT2D eigenvalue weighted by molar-refractivity contribution is 7.19. The van der Waals surface area contributed by atoms with Crippen molar-refractivity contribution in [1.82, 2.24) is 5.32 Å². The number of hydrogen-bond donors (Lipinski definition) is 1. The molecule has 0 atom stereocenters. The summed E-state index contributed by atoms with van der Waals surface area (Å²) in [5, 5.41) is 3.42. The molecular formula is C8H8Cl3NOS. The van der Waals surface area contributed by atoms with E-state index in [9.17, 15) is 4.79 Å². The van der Waals surface area contributed by atoms with Gasteiger partial charge >= 0.3 is 0 Å². The third-order valence-electron chi connectivity index (χ3n) is 1.61. The summed E-state index contributed by atoms with van der Waals surface area (Å²) in [5.41, 5.74) is 0. The van der Waals surface area contributed by atoms with Crippen LogP contribution in [0.4, 0.5) is 0 Å². The average molecular weight is 273 g/mol. The molecule has 0 saturated carbocycles. The van der Waals surface area contributed by atoms with E-state index in [-0.39, 0.29) is 15.8 Å². The summed E-state index contributed by atoms with van der Waals surface area (Å²) in [6.07, 6.45) is 0.392. The zero-order valence-corrected chi connectivity index (χ0v) is 10.4. The van der Waals surface area contributed by atoms with Crippen molar-refractivity contribution in [3.63, 3.8) is 0 Å². The van der Waals surface area contributed by atoms with Crippen LogP contribution >= 0.6 is 46.1 Å². The van der Waals surface area contributed by atoms with Crippen molar-refractivity contribution in [2.45, 2.75) is 6.42 Å². The van der Waals surface area contributed by atoms with Gasteiger partial charge in [-0.1, -0.05) is 34.8 Å². The number of ketones is 1. The topological polar surface area (TPSA) is 29.1 Å². The first kappa shape index (κ1) is 12.3. The van der Waals surface area contributed by atoms with Crippen molar-refractivity contribution < 1.29 is 4.79 Å². The molecule has 0 saturated heterocycles. The molecule has 0 radical (unpaired) electrons. The summed E-state index contributed by atoms with van der Waals surface area (Å²) >= 11 is 18.5. The molecule has 1 heterocycles. The summed E-state index contributed by atoms with van der Waals surface area (Å²) in [6.45, 7) is 0.613. The fraction of sp³-hybridized carbons (Fsp3) is 0.375. The number of carbonyl (C=O) groups is 1. The number of hydrogen-bond acceptors (Lipinski definition) is 3. The van der Waals surface area contributed by atoms with Gasteiger partial charge in [0.1, 0.15) is 4.34 Å². The van der Waals surface area contributed by atoms with Crippen LogP contribution in [0.15, 0.2) is 0 Å². The first-order valence-electron chi connectivity index (χ1n) is 3.89. The maximum atomic E-state index is 11.6. The van der Waals surface area contributed by atoms with E-state index in [0.29, 0.717) is 22.2 Å². The van der Waals surface area contributed by atoms with E-state index in [0.717, 1.165) is 11.3 Å². The number of Topliss-reactive ketones (excluding diaryl/α,β-unsaturated/α-hetero) is 1. The Morgan fingerprint density at radius 1 is 1.36 bits per heavy atom. The molecule has 0 spiro atoms. The van der Waals surface area contributed by atoms with E-state index < -0.39 is 0 Å². The van der Waals surface area contributed by atoms with Gasteiger partial charge in [0.05, 0.1) is 14.9 Å². The Labute approximate surface area is 101 Å². The van der Waals surface area contributed by atoms with Crippen molar-refractivity contribution in [1.29, 1.82) is 0 Å². The largest absolute Gasteiger partial charge is 0.319 e. The predicted molar refractivity (Wildman–Crippen MR) is 62.2 cm³/mol. The lowest BCUT2D eigenvalue weighted by molar-refractivity contribution is 0.0987. The minimum atomic E-state index is -0.0387. The Hall–Kier alpha value is 0.200. The second-order valence-electron chi connectivity index (χ2n) is 2.61. The molecule has 0 aliphatic carbocycles. The van der Waals surface area contributed by atoms with E-state index >= 15 is 0 Å². The second-order valence-corrected chi connectivity index (χ2v) is 4.99. The van der Waals surface area contributed by atoms with Crippen LogP contribution in [0, 0.1) is 0 Å². The van der Waals surface area contributed by atoms with Crippen LogP contribution in [0.25, 0.3) is 0 Å². The number of carbonyl (C=O) groups excluding carboxylic acids is 1. The maximum absolute atomic E-state index is 11.6. The molecule has 1 N–H and O–H groups in total. The molecular weight excluding hydrogens is 265 g/mol. The van der Waals surface area contributed by atoms with Crippen molar-refractivity contribution in [2.24, 2.45) is 0 Å².